The van der Waals surface area contributed by atoms with Gasteiger partial charge in [-0.2, -0.15) is 0 Å². The number of amides is 1. The third-order valence-electron chi connectivity index (χ3n) is 3.28. The zero-order valence-electron chi connectivity index (χ0n) is 13.6. The van der Waals surface area contributed by atoms with E-state index >= 15 is 0 Å². The van der Waals surface area contributed by atoms with Crippen molar-refractivity contribution < 1.29 is 23.8 Å². The molecule has 1 N–H and O–H groups in total. The fourth-order valence-electron chi connectivity index (χ4n) is 2.23. The summed E-state index contributed by atoms with van der Waals surface area (Å²) in [5, 5.41) is 2.48. The molecule has 1 aliphatic carbocycles. The first-order valence-corrected chi connectivity index (χ1v) is 7.44. The van der Waals surface area contributed by atoms with Gasteiger partial charge in [0.15, 0.2) is 0 Å². The van der Waals surface area contributed by atoms with Crippen LogP contribution in [0.1, 0.15) is 53.4 Å². The fourth-order valence-corrected chi connectivity index (χ4v) is 2.23. The summed E-state index contributed by atoms with van der Waals surface area (Å²) in [6, 6.07) is -0.734. The molecular formula is C15H27NO5. The largest absolute Gasteiger partial charge is 0.461 e. The molecule has 1 aliphatic rings. The molecule has 6 heteroatoms. The molecule has 1 amide bonds. The first-order valence-electron chi connectivity index (χ1n) is 7.44. The quantitative estimate of drug-likeness (QED) is 0.807. The fraction of sp³-hybridized carbons (Fsp3) is 0.867. The Kier molecular flexibility index (Phi) is 6.45. The number of hydrogen-bond donors (Lipinski definition) is 1. The molecule has 0 bridgehead atoms. The van der Waals surface area contributed by atoms with Crippen molar-refractivity contribution in [2.24, 2.45) is 0 Å². The minimum atomic E-state index is -0.734. The van der Waals surface area contributed by atoms with Crippen molar-refractivity contribution in [3.05, 3.63) is 0 Å². The van der Waals surface area contributed by atoms with Crippen LogP contribution in [0.25, 0.3) is 0 Å². The van der Waals surface area contributed by atoms with Crippen LogP contribution in [0.3, 0.4) is 0 Å². The van der Waals surface area contributed by atoms with E-state index in [1.54, 1.807) is 34.8 Å². The van der Waals surface area contributed by atoms with Gasteiger partial charge in [-0.25, -0.2) is 9.59 Å². The molecule has 1 rings (SSSR count). The molecule has 0 aliphatic heterocycles. The highest BCUT2D eigenvalue weighted by Crippen LogP contribution is 2.23. The highest BCUT2D eigenvalue weighted by atomic mass is 16.6. The lowest BCUT2D eigenvalue weighted by molar-refractivity contribution is -0.154. The molecule has 0 spiro atoms. The third kappa shape index (κ3) is 6.80. The van der Waals surface area contributed by atoms with Crippen LogP contribution >= 0.6 is 0 Å². The lowest BCUT2D eigenvalue weighted by Gasteiger charge is -2.29. The van der Waals surface area contributed by atoms with Crippen molar-refractivity contribution in [2.45, 2.75) is 77.2 Å². The van der Waals surface area contributed by atoms with Crippen LogP contribution < -0.4 is 5.32 Å². The van der Waals surface area contributed by atoms with E-state index in [0.29, 0.717) is 6.42 Å². The van der Waals surface area contributed by atoms with Crippen LogP contribution in [0.2, 0.25) is 0 Å². The summed E-state index contributed by atoms with van der Waals surface area (Å²) < 4.78 is 15.8. The highest BCUT2D eigenvalue weighted by Gasteiger charge is 2.28. The molecule has 0 unspecified atom stereocenters. The molecule has 1 fully saturated rings. The Morgan fingerprint density at radius 3 is 2.38 bits per heavy atom. The minimum absolute atomic E-state index is 0.140. The Hall–Kier alpha value is -1.30. The third-order valence-corrected chi connectivity index (χ3v) is 3.28. The Balaban J connectivity index is 2.38. The standard InChI is InChI=1S/C15H27NO5/c1-10(16-14(18)21-15(2,3)4)13(17)20-12-8-6-7-11(9-12)19-5/h10-12H,6-9H2,1-5H3,(H,16,18)/t10-,11-,12+/m0/s1. The van der Waals surface area contributed by atoms with Crippen LogP contribution in [-0.2, 0) is 19.0 Å². The van der Waals surface area contributed by atoms with Crippen molar-refractivity contribution in [2.75, 3.05) is 7.11 Å². The second kappa shape index (κ2) is 7.64. The van der Waals surface area contributed by atoms with Gasteiger partial charge in [0.2, 0.25) is 0 Å². The van der Waals surface area contributed by atoms with Gasteiger partial charge < -0.3 is 19.5 Å². The lowest BCUT2D eigenvalue weighted by atomic mass is 9.95. The molecule has 0 saturated heterocycles. The lowest BCUT2D eigenvalue weighted by Crippen LogP contribution is -2.44. The number of hydrogen-bond acceptors (Lipinski definition) is 5. The molecule has 0 radical (unpaired) electrons. The Labute approximate surface area is 126 Å². The average molecular weight is 301 g/mol. The molecule has 3 atom stereocenters. The second-order valence-electron chi connectivity index (χ2n) is 6.45. The Morgan fingerprint density at radius 1 is 1.19 bits per heavy atom. The van der Waals surface area contributed by atoms with Gasteiger partial charge in [-0.1, -0.05) is 0 Å². The molecule has 21 heavy (non-hydrogen) atoms. The maximum absolute atomic E-state index is 12.0. The van der Waals surface area contributed by atoms with E-state index in [1.807, 2.05) is 0 Å². The molecule has 122 valence electrons. The zero-order chi connectivity index (χ0) is 16.0. The zero-order valence-corrected chi connectivity index (χ0v) is 13.6. The molecular weight excluding hydrogens is 274 g/mol. The van der Waals surface area contributed by atoms with Crippen molar-refractivity contribution >= 4 is 12.1 Å². The molecule has 0 aromatic rings. The Morgan fingerprint density at radius 2 is 1.81 bits per heavy atom. The smallest absolute Gasteiger partial charge is 0.408 e. The van der Waals surface area contributed by atoms with Crippen LogP contribution in [0.5, 0.6) is 0 Å². The number of rotatable bonds is 4. The number of carbonyl (C=O) groups is 2. The van der Waals surface area contributed by atoms with Crippen LogP contribution in [-0.4, -0.2) is 43.0 Å². The minimum Gasteiger partial charge on any atom is -0.461 e. The summed E-state index contributed by atoms with van der Waals surface area (Å²) in [4.78, 5) is 23.6. The second-order valence-corrected chi connectivity index (χ2v) is 6.45. The van der Waals surface area contributed by atoms with Gasteiger partial charge in [0.1, 0.15) is 17.7 Å². The van der Waals surface area contributed by atoms with E-state index in [2.05, 4.69) is 5.32 Å². The molecule has 0 aromatic heterocycles. The van der Waals surface area contributed by atoms with Gasteiger partial charge in [0, 0.05) is 13.5 Å². The molecule has 6 nitrogen and oxygen atoms in total. The summed E-state index contributed by atoms with van der Waals surface area (Å²) in [7, 11) is 1.67. The van der Waals surface area contributed by atoms with Crippen LogP contribution in [0.15, 0.2) is 0 Å². The van der Waals surface area contributed by atoms with Crippen LogP contribution in [0.4, 0.5) is 4.79 Å². The van der Waals surface area contributed by atoms with Crippen LogP contribution in [0, 0.1) is 0 Å². The van der Waals surface area contributed by atoms with Gasteiger partial charge >= 0.3 is 12.1 Å². The van der Waals surface area contributed by atoms with Gasteiger partial charge in [-0.05, 0) is 47.0 Å². The van der Waals surface area contributed by atoms with E-state index in [1.165, 1.54) is 0 Å². The number of nitrogens with one attached hydrogen (secondary N) is 1. The normalized spacial score (nSPS) is 24.0. The van der Waals surface area contributed by atoms with E-state index in [-0.39, 0.29) is 12.2 Å². The topological polar surface area (TPSA) is 73.9 Å². The predicted octanol–water partition coefficient (Wildman–Crippen LogP) is 2.40. The molecule has 1 saturated carbocycles. The number of methoxy groups -OCH3 is 1. The first kappa shape index (κ1) is 17.8. The van der Waals surface area contributed by atoms with Gasteiger partial charge in [0.05, 0.1) is 6.10 Å². The molecule has 0 aromatic carbocycles. The average Bonchev–Trinajstić information content (AvgIpc) is 2.36. The van der Waals surface area contributed by atoms with Gasteiger partial charge in [-0.15, -0.1) is 0 Å². The highest BCUT2D eigenvalue weighted by molar-refractivity contribution is 5.81. The maximum Gasteiger partial charge on any atom is 0.408 e. The predicted molar refractivity (Wildman–Crippen MR) is 78.0 cm³/mol. The Bertz CT molecular complexity index is 364. The summed E-state index contributed by atoms with van der Waals surface area (Å²) >= 11 is 0. The van der Waals surface area contributed by atoms with Gasteiger partial charge in [0.25, 0.3) is 0 Å². The SMILES string of the molecule is CO[C@H]1CCC[C@@H](OC(=O)[C@H](C)NC(=O)OC(C)(C)C)C1. The number of alkyl carbamates (subject to hydrolysis) is 1. The van der Waals surface area contributed by atoms with E-state index in [4.69, 9.17) is 14.2 Å². The van der Waals surface area contributed by atoms with E-state index in [0.717, 1.165) is 19.3 Å². The number of ether oxygens (including phenoxy) is 3. The molecule has 0 heterocycles. The summed E-state index contributed by atoms with van der Waals surface area (Å²) in [6.07, 6.45) is 2.90. The first-order chi connectivity index (χ1) is 9.71. The van der Waals surface area contributed by atoms with E-state index in [9.17, 15) is 9.59 Å². The summed E-state index contributed by atoms with van der Waals surface area (Å²) in [5.41, 5.74) is -0.594. The maximum atomic E-state index is 12.0. The van der Waals surface area contributed by atoms with Crippen molar-refractivity contribution in [1.29, 1.82) is 0 Å². The van der Waals surface area contributed by atoms with E-state index < -0.39 is 23.7 Å². The summed E-state index contributed by atoms with van der Waals surface area (Å²) in [6.45, 7) is 6.89. The summed E-state index contributed by atoms with van der Waals surface area (Å²) in [5.74, 6) is -0.442. The van der Waals surface area contributed by atoms with Crippen molar-refractivity contribution in [3.8, 4) is 0 Å². The number of esters is 1. The number of carbonyl (C=O) groups excluding carboxylic acids is 2. The van der Waals surface area contributed by atoms with Crippen molar-refractivity contribution in [1.82, 2.24) is 5.32 Å². The van der Waals surface area contributed by atoms with Crippen molar-refractivity contribution in [3.63, 3.8) is 0 Å². The monoisotopic (exact) mass is 301 g/mol. The van der Waals surface area contributed by atoms with Gasteiger partial charge in [-0.3, -0.25) is 0 Å².